The van der Waals surface area contributed by atoms with Gasteiger partial charge in [-0.05, 0) is 19.0 Å². The largest absolute Gasteiger partial charge is 0.332 e. The second-order valence-corrected chi connectivity index (χ2v) is 6.05. The average Bonchev–Trinajstić information content (AvgIpc) is 3.19. The molecule has 104 valence electrons. The Morgan fingerprint density at radius 1 is 1.60 bits per heavy atom. The Labute approximate surface area is 122 Å². The predicted octanol–water partition coefficient (Wildman–Crippen LogP) is 1.36. The molecular weight excluding hydrogens is 272 g/mol. The van der Waals surface area contributed by atoms with Crippen molar-refractivity contribution in [2.45, 2.75) is 25.4 Å². The van der Waals surface area contributed by atoms with Gasteiger partial charge in [0.1, 0.15) is 16.6 Å². The fourth-order valence-corrected chi connectivity index (χ4v) is 3.68. The van der Waals surface area contributed by atoms with Gasteiger partial charge in [-0.25, -0.2) is 4.98 Å². The molecule has 1 aromatic heterocycles. The number of hydrogen-bond acceptors (Lipinski definition) is 5. The molecule has 2 bridgehead atoms. The summed E-state index contributed by atoms with van der Waals surface area (Å²) in [6, 6.07) is 2.76. The van der Waals surface area contributed by atoms with Crippen LogP contribution in [0.4, 0.5) is 0 Å². The summed E-state index contributed by atoms with van der Waals surface area (Å²) in [7, 11) is 0. The van der Waals surface area contributed by atoms with Gasteiger partial charge in [0.25, 0.3) is 5.91 Å². The standard InChI is InChI=1S/C14H16N4OS/c1-2-17-8-12-6-11(17)9-18(12)14(19)10(7-15)5-13-16-3-4-20-13/h3-5,11-12H,2,6,8-9H2,1H3/b10-5+. The molecule has 2 atom stereocenters. The van der Waals surface area contributed by atoms with E-state index in [4.69, 9.17) is 0 Å². The molecule has 2 aliphatic rings. The van der Waals surface area contributed by atoms with Gasteiger partial charge in [0, 0.05) is 36.8 Å². The van der Waals surface area contributed by atoms with Crippen LogP contribution in [-0.4, -0.2) is 52.4 Å². The monoisotopic (exact) mass is 288 g/mol. The van der Waals surface area contributed by atoms with E-state index in [1.165, 1.54) is 11.3 Å². The molecule has 20 heavy (non-hydrogen) atoms. The molecule has 0 aromatic carbocycles. The van der Waals surface area contributed by atoms with Gasteiger partial charge in [-0.15, -0.1) is 11.3 Å². The molecule has 1 aromatic rings. The van der Waals surface area contributed by atoms with E-state index in [2.05, 4.69) is 16.8 Å². The summed E-state index contributed by atoms with van der Waals surface area (Å²) in [5, 5.41) is 11.8. The number of likely N-dealkylation sites (tertiary alicyclic amines) is 2. The molecular formula is C14H16N4OS. The maximum atomic E-state index is 12.5. The van der Waals surface area contributed by atoms with Crippen LogP contribution in [0.1, 0.15) is 18.4 Å². The van der Waals surface area contributed by atoms with Crippen LogP contribution >= 0.6 is 11.3 Å². The minimum absolute atomic E-state index is 0.147. The third-order valence-corrected chi connectivity index (χ3v) is 4.81. The lowest BCUT2D eigenvalue weighted by Crippen LogP contribution is -2.48. The number of hydrogen-bond donors (Lipinski definition) is 0. The van der Waals surface area contributed by atoms with Crippen LogP contribution in [0, 0.1) is 11.3 Å². The summed E-state index contributed by atoms with van der Waals surface area (Å²) in [5.41, 5.74) is 0.190. The highest BCUT2D eigenvalue weighted by Crippen LogP contribution is 2.31. The maximum absolute atomic E-state index is 12.5. The number of rotatable bonds is 3. The first-order valence-electron chi connectivity index (χ1n) is 6.79. The Bertz CT molecular complexity index is 574. The zero-order valence-electron chi connectivity index (χ0n) is 11.3. The summed E-state index contributed by atoms with van der Waals surface area (Å²) in [5.74, 6) is -0.147. The van der Waals surface area contributed by atoms with E-state index in [-0.39, 0.29) is 17.5 Å². The number of fused-ring (bicyclic) bond motifs is 2. The van der Waals surface area contributed by atoms with Crippen molar-refractivity contribution in [2.24, 2.45) is 0 Å². The lowest BCUT2D eigenvalue weighted by atomic mass is 10.2. The zero-order valence-corrected chi connectivity index (χ0v) is 12.1. The van der Waals surface area contributed by atoms with Crippen LogP contribution in [0.15, 0.2) is 17.2 Å². The molecule has 1 amide bonds. The van der Waals surface area contributed by atoms with Gasteiger partial charge in [0.05, 0.1) is 0 Å². The van der Waals surface area contributed by atoms with Crippen molar-refractivity contribution in [1.29, 1.82) is 5.26 Å². The van der Waals surface area contributed by atoms with Gasteiger partial charge >= 0.3 is 0 Å². The molecule has 0 saturated carbocycles. The van der Waals surface area contributed by atoms with Crippen LogP contribution in [-0.2, 0) is 4.79 Å². The number of carbonyl (C=O) groups excluding carboxylic acids is 1. The molecule has 2 fully saturated rings. The minimum atomic E-state index is -0.147. The van der Waals surface area contributed by atoms with Crippen molar-refractivity contribution in [3.8, 4) is 6.07 Å². The molecule has 6 heteroatoms. The van der Waals surface area contributed by atoms with Gasteiger partial charge < -0.3 is 4.90 Å². The molecule has 0 N–H and O–H groups in total. The van der Waals surface area contributed by atoms with Crippen LogP contribution in [0.2, 0.25) is 0 Å². The number of nitrogens with zero attached hydrogens (tertiary/aromatic N) is 4. The number of carbonyl (C=O) groups is 1. The van der Waals surface area contributed by atoms with Crippen molar-refractivity contribution < 1.29 is 4.79 Å². The molecule has 2 aliphatic heterocycles. The van der Waals surface area contributed by atoms with Crippen molar-refractivity contribution in [1.82, 2.24) is 14.8 Å². The number of aromatic nitrogens is 1. The second-order valence-electron chi connectivity index (χ2n) is 5.13. The normalized spacial score (nSPS) is 26.0. The van der Waals surface area contributed by atoms with E-state index in [1.807, 2.05) is 16.3 Å². The molecule has 3 heterocycles. The third kappa shape index (κ3) is 2.23. The fraction of sp³-hybridized carbons (Fsp3) is 0.500. The fourth-order valence-electron chi connectivity index (χ4n) is 3.11. The SMILES string of the molecule is CCN1CC2CC1CN2C(=O)/C(C#N)=C/c1nccs1. The highest BCUT2D eigenvalue weighted by Gasteiger charge is 2.44. The van der Waals surface area contributed by atoms with Gasteiger partial charge in [-0.1, -0.05) is 6.92 Å². The van der Waals surface area contributed by atoms with E-state index in [0.717, 1.165) is 26.1 Å². The molecule has 3 rings (SSSR count). The van der Waals surface area contributed by atoms with E-state index in [0.29, 0.717) is 11.0 Å². The van der Waals surface area contributed by atoms with Crippen molar-refractivity contribution in [3.05, 3.63) is 22.2 Å². The molecule has 2 saturated heterocycles. The smallest absolute Gasteiger partial charge is 0.264 e. The molecule has 0 radical (unpaired) electrons. The van der Waals surface area contributed by atoms with Crippen LogP contribution in [0.25, 0.3) is 6.08 Å². The van der Waals surface area contributed by atoms with Crippen molar-refractivity contribution >= 4 is 23.3 Å². The van der Waals surface area contributed by atoms with Crippen LogP contribution < -0.4 is 0 Å². The predicted molar refractivity (Wildman–Crippen MR) is 76.9 cm³/mol. The summed E-state index contributed by atoms with van der Waals surface area (Å²) in [6.45, 7) is 4.86. The van der Waals surface area contributed by atoms with E-state index >= 15 is 0 Å². The Morgan fingerprint density at radius 2 is 2.45 bits per heavy atom. The van der Waals surface area contributed by atoms with Crippen molar-refractivity contribution in [2.75, 3.05) is 19.6 Å². The minimum Gasteiger partial charge on any atom is -0.332 e. The molecule has 0 aliphatic carbocycles. The van der Waals surface area contributed by atoms with E-state index in [1.54, 1.807) is 12.3 Å². The average molecular weight is 288 g/mol. The lowest BCUT2D eigenvalue weighted by Gasteiger charge is -2.33. The Kier molecular flexibility index (Phi) is 3.55. The van der Waals surface area contributed by atoms with Gasteiger partial charge in [-0.3, -0.25) is 9.69 Å². The highest BCUT2D eigenvalue weighted by molar-refractivity contribution is 7.10. The van der Waals surface area contributed by atoms with E-state index < -0.39 is 0 Å². The number of amides is 1. The molecule has 2 unspecified atom stereocenters. The third-order valence-electron chi connectivity index (χ3n) is 4.09. The Morgan fingerprint density at radius 3 is 3.00 bits per heavy atom. The van der Waals surface area contributed by atoms with E-state index in [9.17, 15) is 10.1 Å². The zero-order chi connectivity index (χ0) is 14.1. The summed E-state index contributed by atoms with van der Waals surface area (Å²) in [4.78, 5) is 20.8. The Hall–Kier alpha value is -1.71. The van der Waals surface area contributed by atoms with Crippen LogP contribution in [0.5, 0.6) is 0 Å². The summed E-state index contributed by atoms with van der Waals surface area (Å²) in [6.07, 6.45) is 4.30. The Balaban J connectivity index is 1.75. The quantitative estimate of drug-likeness (QED) is 0.622. The topological polar surface area (TPSA) is 60.2 Å². The van der Waals surface area contributed by atoms with Crippen molar-refractivity contribution in [3.63, 3.8) is 0 Å². The second kappa shape index (κ2) is 5.35. The number of thiazole rings is 1. The lowest BCUT2D eigenvalue weighted by molar-refractivity contribution is -0.128. The summed E-state index contributed by atoms with van der Waals surface area (Å²) < 4.78 is 0. The van der Waals surface area contributed by atoms with Gasteiger partial charge in [-0.2, -0.15) is 5.26 Å². The first-order chi connectivity index (χ1) is 9.72. The van der Waals surface area contributed by atoms with Crippen LogP contribution in [0.3, 0.4) is 0 Å². The number of piperazine rings is 1. The first kappa shape index (κ1) is 13.3. The summed E-state index contributed by atoms with van der Waals surface area (Å²) >= 11 is 1.43. The highest BCUT2D eigenvalue weighted by atomic mass is 32.1. The van der Waals surface area contributed by atoms with Gasteiger partial charge in [0.15, 0.2) is 0 Å². The molecule has 0 spiro atoms. The maximum Gasteiger partial charge on any atom is 0.264 e. The molecule has 5 nitrogen and oxygen atoms in total. The number of likely N-dealkylation sites (N-methyl/N-ethyl adjacent to an activating group) is 1. The van der Waals surface area contributed by atoms with Gasteiger partial charge in [0.2, 0.25) is 0 Å². The number of nitriles is 1. The first-order valence-corrected chi connectivity index (χ1v) is 7.67.